The highest BCUT2D eigenvalue weighted by Gasteiger charge is 2.41. The second kappa shape index (κ2) is 6.51. The zero-order valence-corrected chi connectivity index (χ0v) is 16.6. The summed E-state index contributed by atoms with van der Waals surface area (Å²) in [7, 11) is 0. The molecule has 0 aromatic carbocycles. The number of carbonyl (C=O) groups is 1. The highest BCUT2D eigenvalue weighted by molar-refractivity contribution is 5.93. The van der Waals surface area contributed by atoms with Gasteiger partial charge in [0, 0.05) is 55.6 Å². The first kappa shape index (κ1) is 17.4. The average Bonchev–Trinajstić information content (AvgIpc) is 3.49. The van der Waals surface area contributed by atoms with Gasteiger partial charge < -0.3 is 15.2 Å². The van der Waals surface area contributed by atoms with Crippen molar-refractivity contribution in [2.24, 2.45) is 11.8 Å². The molecule has 4 aromatic rings. The van der Waals surface area contributed by atoms with Crippen LogP contribution in [0.4, 0.5) is 5.95 Å². The normalized spacial score (nSPS) is 23.4. The Morgan fingerprint density at radius 3 is 2.87 bits per heavy atom. The number of carbonyl (C=O) groups excluding carboxylic acids is 1. The third kappa shape index (κ3) is 2.80. The fourth-order valence-electron chi connectivity index (χ4n) is 5.06. The molecule has 2 N–H and O–H groups in total. The number of nitrogens with zero attached hydrogens (tertiary/aromatic N) is 6. The van der Waals surface area contributed by atoms with Crippen molar-refractivity contribution in [2.45, 2.75) is 25.8 Å². The highest BCUT2D eigenvalue weighted by atomic mass is 16.2. The van der Waals surface area contributed by atoms with Gasteiger partial charge in [0.2, 0.25) is 11.9 Å². The molecule has 1 unspecified atom stereocenters. The van der Waals surface area contributed by atoms with E-state index in [-0.39, 0.29) is 5.91 Å². The van der Waals surface area contributed by atoms with Crippen LogP contribution in [0.2, 0.25) is 0 Å². The van der Waals surface area contributed by atoms with Crippen LogP contribution in [0.3, 0.4) is 0 Å². The van der Waals surface area contributed by atoms with Gasteiger partial charge in [0.05, 0.1) is 0 Å². The number of aromatic nitrogens is 6. The maximum atomic E-state index is 11.6. The van der Waals surface area contributed by atoms with Crippen molar-refractivity contribution in [1.82, 2.24) is 34.4 Å². The smallest absolute Gasteiger partial charge is 0.224 e. The van der Waals surface area contributed by atoms with Gasteiger partial charge >= 0.3 is 0 Å². The van der Waals surface area contributed by atoms with Gasteiger partial charge in [0.15, 0.2) is 5.65 Å². The van der Waals surface area contributed by atoms with Crippen LogP contribution in [0.25, 0.3) is 27.8 Å². The van der Waals surface area contributed by atoms with Gasteiger partial charge in [-0.05, 0) is 42.4 Å². The lowest BCUT2D eigenvalue weighted by atomic mass is 10.0. The molecule has 6 rings (SSSR count). The minimum Gasteiger partial charge on any atom is -0.351 e. The lowest BCUT2D eigenvalue weighted by molar-refractivity contribution is -0.128. The number of nitrogens with one attached hydrogen (secondary N) is 2. The number of hydrogen-bond donors (Lipinski definition) is 2. The number of rotatable bonds is 3. The Labute approximate surface area is 172 Å². The molecule has 9 heteroatoms. The van der Waals surface area contributed by atoms with E-state index in [0.717, 1.165) is 53.7 Å². The van der Waals surface area contributed by atoms with Gasteiger partial charge in [-0.15, -0.1) is 0 Å². The number of H-pyrrole nitrogens is 1. The quantitative estimate of drug-likeness (QED) is 0.545. The molecule has 4 aromatic heterocycles. The summed E-state index contributed by atoms with van der Waals surface area (Å²) in [6, 6.07) is 4.37. The predicted molar refractivity (Wildman–Crippen MR) is 112 cm³/mol. The summed E-state index contributed by atoms with van der Waals surface area (Å²) in [4.78, 5) is 30.4. The maximum absolute atomic E-state index is 11.6. The van der Waals surface area contributed by atoms with E-state index in [1.165, 1.54) is 0 Å². The highest BCUT2D eigenvalue weighted by Crippen LogP contribution is 2.39. The summed E-state index contributed by atoms with van der Waals surface area (Å²) in [6.45, 7) is 3.43. The Morgan fingerprint density at radius 2 is 2.07 bits per heavy atom. The molecule has 0 bridgehead atoms. The van der Waals surface area contributed by atoms with E-state index in [2.05, 4.69) is 25.4 Å². The van der Waals surface area contributed by atoms with Crippen molar-refractivity contribution in [3.05, 3.63) is 37.1 Å². The number of pyridine rings is 1. The molecule has 30 heavy (non-hydrogen) atoms. The van der Waals surface area contributed by atoms with Crippen molar-refractivity contribution in [3.63, 3.8) is 0 Å². The maximum Gasteiger partial charge on any atom is 0.224 e. The average molecular weight is 402 g/mol. The van der Waals surface area contributed by atoms with Gasteiger partial charge in [-0.2, -0.15) is 10.1 Å². The van der Waals surface area contributed by atoms with E-state index >= 15 is 0 Å². The molecule has 2 fully saturated rings. The first-order valence-electron chi connectivity index (χ1n) is 10.3. The van der Waals surface area contributed by atoms with Crippen LogP contribution in [0, 0.1) is 11.8 Å². The van der Waals surface area contributed by atoms with E-state index in [0.29, 0.717) is 23.8 Å². The molecule has 1 saturated heterocycles. The number of anilines is 1. The zero-order chi connectivity index (χ0) is 20.2. The zero-order valence-electron chi connectivity index (χ0n) is 16.6. The summed E-state index contributed by atoms with van der Waals surface area (Å²) < 4.78 is 1.74. The van der Waals surface area contributed by atoms with E-state index in [1.54, 1.807) is 17.8 Å². The van der Waals surface area contributed by atoms with Crippen LogP contribution in [-0.2, 0) is 4.79 Å². The minimum absolute atomic E-state index is 0.188. The lowest BCUT2D eigenvalue weighted by Gasteiger charge is -2.18. The molecule has 1 amide bonds. The fraction of sp³-hybridized carbons (Fsp3) is 0.381. The second-order valence-corrected chi connectivity index (χ2v) is 8.39. The van der Waals surface area contributed by atoms with Crippen molar-refractivity contribution >= 4 is 28.5 Å². The summed E-state index contributed by atoms with van der Waals surface area (Å²) in [5, 5.41) is 8.63. The lowest BCUT2D eigenvalue weighted by Crippen LogP contribution is -2.29. The Morgan fingerprint density at radius 1 is 1.23 bits per heavy atom. The van der Waals surface area contributed by atoms with Crippen LogP contribution in [0.15, 0.2) is 37.1 Å². The Bertz CT molecular complexity index is 1250. The summed E-state index contributed by atoms with van der Waals surface area (Å²) in [5.74, 6) is 2.00. The van der Waals surface area contributed by atoms with Crippen LogP contribution >= 0.6 is 0 Å². The molecular weight excluding hydrogens is 380 g/mol. The number of amides is 1. The fourth-order valence-corrected chi connectivity index (χ4v) is 5.06. The number of aromatic amines is 1. The van der Waals surface area contributed by atoms with Gasteiger partial charge in [-0.3, -0.25) is 4.79 Å². The second-order valence-electron chi connectivity index (χ2n) is 8.39. The Hall–Kier alpha value is -3.49. The molecule has 9 nitrogen and oxygen atoms in total. The van der Waals surface area contributed by atoms with Crippen molar-refractivity contribution < 1.29 is 4.79 Å². The summed E-state index contributed by atoms with van der Waals surface area (Å²) in [5.41, 5.74) is 3.70. The van der Waals surface area contributed by atoms with Crippen molar-refractivity contribution in [2.75, 3.05) is 18.4 Å². The number of hydrogen-bond acceptors (Lipinski definition) is 6. The van der Waals surface area contributed by atoms with Crippen LogP contribution in [0.5, 0.6) is 0 Å². The van der Waals surface area contributed by atoms with Gasteiger partial charge in [-0.25, -0.2) is 14.5 Å². The summed E-state index contributed by atoms with van der Waals surface area (Å²) in [6.07, 6.45) is 9.40. The van der Waals surface area contributed by atoms with Crippen molar-refractivity contribution in [1.29, 1.82) is 0 Å². The monoisotopic (exact) mass is 402 g/mol. The van der Waals surface area contributed by atoms with E-state index in [4.69, 9.17) is 4.98 Å². The van der Waals surface area contributed by atoms with E-state index < -0.39 is 0 Å². The molecule has 1 saturated carbocycles. The third-order valence-corrected chi connectivity index (χ3v) is 6.55. The topological polar surface area (TPSA) is 104 Å². The van der Waals surface area contributed by atoms with Crippen LogP contribution < -0.4 is 5.32 Å². The Balaban J connectivity index is 1.21. The third-order valence-electron chi connectivity index (χ3n) is 6.55. The molecule has 3 atom stereocenters. The molecule has 1 aliphatic heterocycles. The summed E-state index contributed by atoms with van der Waals surface area (Å²) >= 11 is 0. The molecule has 0 spiro atoms. The van der Waals surface area contributed by atoms with Gasteiger partial charge in [0.1, 0.15) is 12.0 Å². The van der Waals surface area contributed by atoms with E-state index in [9.17, 15) is 4.79 Å². The SMILES string of the molecule is CC(=O)N1C[C@H]2CC(Nc3ncc4c(-c5ccn6ncnc6c5)c[nH]c4n3)C[C@H]2C1. The number of fused-ring (bicyclic) bond motifs is 3. The van der Waals surface area contributed by atoms with Crippen LogP contribution in [-0.4, -0.2) is 59.5 Å². The van der Waals surface area contributed by atoms with Gasteiger partial charge in [0.25, 0.3) is 0 Å². The molecule has 0 radical (unpaired) electrons. The molecule has 1 aliphatic carbocycles. The largest absolute Gasteiger partial charge is 0.351 e. The van der Waals surface area contributed by atoms with Crippen molar-refractivity contribution in [3.8, 4) is 11.1 Å². The Kier molecular flexibility index (Phi) is 3.77. The number of likely N-dealkylation sites (tertiary alicyclic amines) is 1. The van der Waals surface area contributed by atoms with Crippen LogP contribution in [0.1, 0.15) is 19.8 Å². The van der Waals surface area contributed by atoms with E-state index in [1.807, 2.05) is 35.6 Å². The minimum atomic E-state index is 0.188. The molecule has 5 heterocycles. The predicted octanol–water partition coefficient (Wildman–Crippen LogP) is 2.34. The first-order chi connectivity index (χ1) is 14.6. The van der Waals surface area contributed by atoms with Gasteiger partial charge in [-0.1, -0.05) is 0 Å². The molecular formula is C21H22N8O. The standard InChI is InChI=1S/C21H22N8O/c1-12(30)28-9-14-4-16(5-15(14)10-28)26-21-23-8-18-17(7-22-20(18)27-21)13-2-3-29-19(6-13)24-11-25-29/h2-3,6-8,11,14-16H,4-5,9-10H2,1H3,(H2,22,23,26,27)/t14-,15+,16?. The molecule has 2 aliphatic rings. The molecule has 152 valence electrons. The first-order valence-corrected chi connectivity index (χ1v) is 10.3.